The molecule has 1 aliphatic carbocycles. The van der Waals surface area contributed by atoms with Crippen molar-refractivity contribution < 1.29 is 4.42 Å². The molecule has 2 heterocycles. The summed E-state index contributed by atoms with van der Waals surface area (Å²) in [5, 5.41) is 2.13. The van der Waals surface area contributed by atoms with Crippen LogP contribution in [0, 0.1) is 0 Å². The lowest BCUT2D eigenvalue weighted by Gasteiger charge is -2.28. The minimum atomic E-state index is 0.250. The molecule has 0 bridgehead atoms. The molecular formula is C42H28N2O. The maximum atomic E-state index is 6.46. The average molecular weight is 577 g/mol. The van der Waals surface area contributed by atoms with E-state index >= 15 is 0 Å². The van der Waals surface area contributed by atoms with Crippen LogP contribution >= 0.6 is 0 Å². The third-order valence-corrected chi connectivity index (χ3v) is 9.10. The van der Waals surface area contributed by atoms with Crippen LogP contribution in [0.5, 0.6) is 0 Å². The van der Waals surface area contributed by atoms with Gasteiger partial charge < -0.3 is 4.42 Å². The van der Waals surface area contributed by atoms with E-state index < -0.39 is 0 Å². The summed E-state index contributed by atoms with van der Waals surface area (Å²) in [5.74, 6) is 0.936. The highest BCUT2D eigenvalue weighted by Crippen LogP contribution is 2.44. The van der Waals surface area contributed by atoms with Gasteiger partial charge in [0.1, 0.15) is 11.2 Å². The summed E-state index contributed by atoms with van der Waals surface area (Å²) < 4.78 is 6.46. The molecule has 2 aromatic heterocycles. The van der Waals surface area contributed by atoms with Crippen LogP contribution in [-0.2, 0) is 6.42 Å². The summed E-state index contributed by atoms with van der Waals surface area (Å²) in [5.41, 5.74) is 13.3. The zero-order valence-electron chi connectivity index (χ0n) is 24.5. The molecule has 3 heteroatoms. The molecule has 6 aromatic carbocycles. The van der Waals surface area contributed by atoms with Crippen LogP contribution in [-0.4, -0.2) is 9.97 Å². The van der Waals surface area contributed by atoms with E-state index in [2.05, 4.69) is 103 Å². The van der Waals surface area contributed by atoms with Gasteiger partial charge in [-0.3, -0.25) is 0 Å². The second kappa shape index (κ2) is 10.4. The standard InChI is InChI=1S/C42H28N2O/c1-3-12-27(13-4-1)37-26-38(28-14-5-2-6-15-28)44-42(43-37)34-20-11-21-40-41(34)36-25-30(22-23-39(36)45-40)35-24-29-16-7-8-17-31(29)32-18-9-10-19-33(32)35/h1-23,25-26,35H,24H2/t35-/m1/s1. The molecule has 8 aromatic rings. The van der Waals surface area contributed by atoms with Gasteiger partial charge in [0, 0.05) is 33.4 Å². The third-order valence-electron chi connectivity index (χ3n) is 9.10. The van der Waals surface area contributed by atoms with E-state index in [-0.39, 0.29) is 5.92 Å². The van der Waals surface area contributed by atoms with Crippen molar-refractivity contribution in [2.75, 3.05) is 0 Å². The molecule has 45 heavy (non-hydrogen) atoms. The fraction of sp³-hybridized carbons (Fsp3) is 0.0476. The van der Waals surface area contributed by atoms with E-state index in [4.69, 9.17) is 14.4 Å². The summed E-state index contributed by atoms with van der Waals surface area (Å²) in [6.07, 6.45) is 0.962. The fourth-order valence-electron chi connectivity index (χ4n) is 6.96. The molecule has 0 saturated carbocycles. The van der Waals surface area contributed by atoms with Gasteiger partial charge >= 0.3 is 0 Å². The summed E-state index contributed by atoms with van der Waals surface area (Å²) in [6.45, 7) is 0. The second-order valence-electron chi connectivity index (χ2n) is 11.7. The van der Waals surface area contributed by atoms with Gasteiger partial charge in [-0.1, -0.05) is 127 Å². The highest BCUT2D eigenvalue weighted by Gasteiger charge is 2.26. The van der Waals surface area contributed by atoms with E-state index in [1.807, 2.05) is 48.5 Å². The molecule has 0 aliphatic heterocycles. The van der Waals surface area contributed by atoms with Crippen molar-refractivity contribution in [2.45, 2.75) is 12.3 Å². The molecule has 1 aliphatic rings. The minimum absolute atomic E-state index is 0.250. The van der Waals surface area contributed by atoms with Crippen molar-refractivity contribution in [2.24, 2.45) is 0 Å². The third kappa shape index (κ3) is 4.36. The van der Waals surface area contributed by atoms with Crippen LogP contribution in [0.2, 0.25) is 0 Å². The van der Waals surface area contributed by atoms with Gasteiger partial charge in [0.05, 0.1) is 11.4 Å². The van der Waals surface area contributed by atoms with Crippen LogP contribution in [0.1, 0.15) is 22.6 Å². The van der Waals surface area contributed by atoms with Gasteiger partial charge in [-0.15, -0.1) is 0 Å². The number of aromatic nitrogens is 2. The molecule has 3 nitrogen and oxygen atoms in total. The first kappa shape index (κ1) is 25.7. The Balaban J connectivity index is 1.24. The molecule has 212 valence electrons. The zero-order chi connectivity index (χ0) is 29.7. The van der Waals surface area contributed by atoms with Crippen LogP contribution in [0.25, 0.3) is 67.0 Å². The Hall–Kier alpha value is -5.80. The van der Waals surface area contributed by atoms with Gasteiger partial charge in [0.2, 0.25) is 0 Å². The van der Waals surface area contributed by atoms with E-state index in [0.717, 1.165) is 56.4 Å². The first-order valence-corrected chi connectivity index (χ1v) is 15.4. The predicted molar refractivity (Wildman–Crippen MR) is 183 cm³/mol. The Morgan fingerprint density at radius 2 is 1.16 bits per heavy atom. The number of furan rings is 1. The first-order valence-electron chi connectivity index (χ1n) is 15.4. The lowest BCUT2D eigenvalue weighted by atomic mass is 9.75. The maximum absolute atomic E-state index is 6.46. The first-order chi connectivity index (χ1) is 22.3. The highest BCUT2D eigenvalue weighted by molar-refractivity contribution is 6.12. The quantitative estimate of drug-likeness (QED) is 0.209. The molecule has 1 atom stereocenters. The molecular weight excluding hydrogens is 548 g/mol. The molecule has 0 fully saturated rings. The van der Waals surface area contributed by atoms with E-state index in [1.165, 1.54) is 27.8 Å². The van der Waals surface area contributed by atoms with Crippen molar-refractivity contribution in [3.8, 4) is 45.0 Å². The van der Waals surface area contributed by atoms with E-state index in [0.29, 0.717) is 5.82 Å². The number of nitrogens with zero attached hydrogens (tertiary/aromatic N) is 2. The maximum Gasteiger partial charge on any atom is 0.161 e. The Morgan fingerprint density at radius 1 is 0.511 bits per heavy atom. The Kier molecular flexibility index (Phi) is 5.95. The summed E-state index contributed by atoms with van der Waals surface area (Å²) in [6, 6.07) is 53.3. The number of rotatable bonds is 4. The van der Waals surface area contributed by atoms with Crippen molar-refractivity contribution in [1.82, 2.24) is 9.97 Å². The monoisotopic (exact) mass is 576 g/mol. The average Bonchev–Trinajstić information content (AvgIpc) is 3.50. The van der Waals surface area contributed by atoms with Gasteiger partial charge in [-0.25, -0.2) is 9.97 Å². The largest absolute Gasteiger partial charge is 0.456 e. The predicted octanol–water partition coefficient (Wildman–Crippen LogP) is 10.7. The lowest BCUT2D eigenvalue weighted by Crippen LogP contribution is -2.12. The molecule has 0 radical (unpaired) electrons. The molecule has 0 N–H and O–H groups in total. The second-order valence-corrected chi connectivity index (χ2v) is 11.7. The Morgan fingerprint density at radius 3 is 1.91 bits per heavy atom. The Labute approximate surface area is 261 Å². The highest BCUT2D eigenvalue weighted by atomic mass is 16.3. The smallest absolute Gasteiger partial charge is 0.161 e. The van der Waals surface area contributed by atoms with Crippen molar-refractivity contribution in [3.63, 3.8) is 0 Å². The summed E-state index contributed by atoms with van der Waals surface area (Å²) in [4.78, 5) is 10.3. The van der Waals surface area contributed by atoms with Gasteiger partial charge in [-0.2, -0.15) is 0 Å². The van der Waals surface area contributed by atoms with Crippen LogP contribution in [0.15, 0.2) is 156 Å². The topological polar surface area (TPSA) is 38.9 Å². The number of fused-ring (bicyclic) bond motifs is 6. The van der Waals surface area contributed by atoms with Crippen LogP contribution in [0.4, 0.5) is 0 Å². The lowest BCUT2D eigenvalue weighted by molar-refractivity contribution is 0.668. The molecule has 0 amide bonds. The van der Waals surface area contributed by atoms with Crippen molar-refractivity contribution in [1.29, 1.82) is 0 Å². The SMILES string of the molecule is c1ccc(-c2cc(-c3ccccc3)nc(-c3cccc4oc5ccc([C@H]6Cc7ccccc7-c7ccccc76)cc5c34)n2)cc1. The number of hydrogen-bond acceptors (Lipinski definition) is 3. The molecule has 9 rings (SSSR count). The number of benzene rings is 6. The van der Waals surface area contributed by atoms with E-state index in [9.17, 15) is 0 Å². The van der Waals surface area contributed by atoms with Gasteiger partial charge in [0.25, 0.3) is 0 Å². The molecule has 0 saturated heterocycles. The fourth-order valence-corrected chi connectivity index (χ4v) is 6.96. The van der Waals surface area contributed by atoms with E-state index in [1.54, 1.807) is 0 Å². The van der Waals surface area contributed by atoms with Gasteiger partial charge in [-0.05, 0) is 58.5 Å². The summed E-state index contributed by atoms with van der Waals surface area (Å²) in [7, 11) is 0. The minimum Gasteiger partial charge on any atom is -0.456 e. The molecule has 0 unspecified atom stereocenters. The van der Waals surface area contributed by atoms with Crippen molar-refractivity contribution >= 4 is 21.9 Å². The molecule has 0 spiro atoms. The summed E-state index contributed by atoms with van der Waals surface area (Å²) >= 11 is 0. The Bertz CT molecular complexity index is 2300. The van der Waals surface area contributed by atoms with Gasteiger partial charge in [0.15, 0.2) is 5.82 Å². The normalized spacial score (nSPS) is 13.9. The van der Waals surface area contributed by atoms with Crippen molar-refractivity contribution in [3.05, 3.63) is 168 Å². The zero-order valence-corrected chi connectivity index (χ0v) is 24.5. The number of hydrogen-bond donors (Lipinski definition) is 0. The van der Waals surface area contributed by atoms with Crippen LogP contribution in [0.3, 0.4) is 0 Å². The van der Waals surface area contributed by atoms with Crippen LogP contribution < -0.4 is 0 Å².